The van der Waals surface area contributed by atoms with E-state index in [1.165, 1.54) is 24.3 Å². The number of sulfonamides is 1. The van der Waals surface area contributed by atoms with Crippen molar-refractivity contribution in [2.75, 3.05) is 4.72 Å². The van der Waals surface area contributed by atoms with Gasteiger partial charge < -0.3 is 5.32 Å². The maximum absolute atomic E-state index is 12.5. The standard InChI is InChI=1S/C19H24N2O3S/c1-4-16(5-2)20-19(22)15-10-12-17(13-11-15)25(23,24)21-18-9-7-6-8-14(18)3/h6-13,16,21H,4-5H2,1-3H3,(H,20,22). The van der Waals surface area contributed by atoms with Crippen molar-refractivity contribution in [3.05, 3.63) is 59.7 Å². The lowest BCUT2D eigenvalue weighted by molar-refractivity contribution is 0.0934. The largest absolute Gasteiger partial charge is 0.349 e. The molecule has 0 radical (unpaired) electrons. The van der Waals surface area contributed by atoms with Crippen molar-refractivity contribution in [2.24, 2.45) is 0 Å². The van der Waals surface area contributed by atoms with E-state index in [4.69, 9.17) is 0 Å². The average Bonchev–Trinajstić information content (AvgIpc) is 2.61. The van der Waals surface area contributed by atoms with Crippen molar-refractivity contribution in [3.8, 4) is 0 Å². The molecule has 25 heavy (non-hydrogen) atoms. The number of hydrogen-bond acceptors (Lipinski definition) is 3. The summed E-state index contributed by atoms with van der Waals surface area (Å²) in [5.41, 5.74) is 1.83. The van der Waals surface area contributed by atoms with Crippen LogP contribution in [0.25, 0.3) is 0 Å². The van der Waals surface area contributed by atoms with Crippen LogP contribution in [0.2, 0.25) is 0 Å². The molecule has 0 aromatic heterocycles. The number of hydrogen-bond donors (Lipinski definition) is 2. The van der Waals surface area contributed by atoms with E-state index in [1.54, 1.807) is 12.1 Å². The number of benzene rings is 2. The highest BCUT2D eigenvalue weighted by Gasteiger charge is 2.16. The van der Waals surface area contributed by atoms with Crippen molar-refractivity contribution in [1.29, 1.82) is 0 Å². The summed E-state index contributed by atoms with van der Waals surface area (Å²) < 4.78 is 27.6. The third-order valence-electron chi connectivity index (χ3n) is 4.14. The first-order valence-corrected chi connectivity index (χ1v) is 9.85. The van der Waals surface area contributed by atoms with Gasteiger partial charge in [0.25, 0.3) is 15.9 Å². The number of rotatable bonds is 7. The Hall–Kier alpha value is -2.34. The second-order valence-electron chi connectivity index (χ2n) is 5.93. The highest BCUT2D eigenvalue weighted by Crippen LogP contribution is 2.19. The zero-order valence-corrected chi connectivity index (χ0v) is 15.6. The highest BCUT2D eigenvalue weighted by molar-refractivity contribution is 7.92. The number of carbonyl (C=O) groups excluding carboxylic acids is 1. The summed E-state index contributed by atoms with van der Waals surface area (Å²) >= 11 is 0. The fourth-order valence-electron chi connectivity index (χ4n) is 2.44. The second-order valence-corrected chi connectivity index (χ2v) is 7.61. The first-order valence-electron chi connectivity index (χ1n) is 8.36. The number of amides is 1. The number of nitrogens with one attached hydrogen (secondary N) is 2. The molecule has 5 nitrogen and oxygen atoms in total. The van der Waals surface area contributed by atoms with Gasteiger partial charge in [-0.3, -0.25) is 9.52 Å². The van der Waals surface area contributed by atoms with Crippen LogP contribution in [-0.4, -0.2) is 20.4 Å². The molecule has 0 aliphatic rings. The third-order valence-corrected chi connectivity index (χ3v) is 5.52. The molecular formula is C19H24N2O3S. The minimum Gasteiger partial charge on any atom is -0.349 e. The van der Waals surface area contributed by atoms with Gasteiger partial charge in [0, 0.05) is 11.6 Å². The van der Waals surface area contributed by atoms with Gasteiger partial charge in [0.2, 0.25) is 0 Å². The summed E-state index contributed by atoms with van der Waals surface area (Å²) in [7, 11) is -3.69. The van der Waals surface area contributed by atoms with Gasteiger partial charge >= 0.3 is 0 Å². The van der Waals surface area contributed by atoms with Crippen LogP contribution in [0.15, 0.2) is 53.4 Å². The van der Waals surface area contributed by atoms with E-state index < -0.39 is 10.0 Å². The van der Waals surface area contributed by atoms with Gasteiger partial charge in [0.15, 0.2) is 0 Å². The van der Waals surface area contributed by atoms with Crippen LogP contribution in [0.3, 0.4) is 0 Å². The van der Waals surface area contributed by atoms with Crippen LogP contribution in [0.5, 0.6) is 0 Å². The molecule has 2 aromatic rings. The minimum atomic E-state index is -3.69. The van der Waals surface area contributed by atoms with Gasteiger partial charge in [-0.2, -0.15) is 0 Å². The van der Waals surface area contributed by atoms with Crippen LogP contribution >= 0.6 is 0 Å². The van der Waals surface area contributed by atoms with E-state index in [0.717, 1.165) is 18.4 Å². The molecule has 0 aliphatic heterocycles. The Morgan fingerprint density at radius 1 is 1.00 bits per heavy atom. The van der Waals surface area contributed by atoms with E-state index in [2.05, 4.69) is 10.0 Å². The van der Waals surface area contributed by atoms with Gasteiger partial charge in [-0.05, 0) is 55.7 Å². The maximum Gasteiger partial charge on any atom is 0.261 e. The van der Waals surface area contributed by atoms with Gasteiger partial charge in [0.1, 0.15) is 0 Å². The lowest BCUT2D eigenvalue weighted by atomic mass is 10.1. The Bertz CT molecular complexity index is 826. The Morgan fingerprint density at radius 3 is 2.16 bits per heavy atom. The Morgan fingerprint density at radius 2 is 1.60 bits per heavy atom. The first-order chi connectivity index (χ1) is 11.9. The zero-order valence-electron chi connectivity index (χ0n) is 14.7. The summed E-state index contributed by atoms with van der Waals surface area (Å²) in [4.78, 5) is 12.3. The number of anilines is 1. The molecule has 6 heteroatoms. The molecule has 0 spiro atoms. The molecule has 2 N–H and O–H groups in total. The molecule has 0 aliphatic carbocycles. The van der Waals surface area contributed by atoms with Crippen LogP contribution in [0.1, 0.15) is 42.6 Å². The van der Waals surface area contributed by atoms with E-state index >= 15 is 0 Å². The van der Waals surface area contributed by atoms with Crippen LogP contribution in [0.4, 0.5) is 5.69 Å². The van der Waals surface area contributed by atoms with Crippen molar-refractivity contribution < 1.29 is 13.2 Å². The molecule has 2 aromatic carbocycles. The summed E-state index contributed by atoms with van der Waals surface area (Å²) in [6.07, 6.45) is 1.71. The number of carbonyl (C=O) groups is 1. The van der Waals surface area contributed by atoms with Crippen molar-refractivity contribution in [2.45, 2.75) is 44.6 Å². The molecule has 134 valence electrons. The fourth-order valence-corrected chi connectivity index (χ4v) is 3.57. The van der Waals surface area contributed by atoms with Gasteiger partial charge in [-0.1, -0.05) is 32.0 Å². The van der Waals surface area contributed by atoms with E-state index in [9.17, 15) is 13.2 Å². The molecule has 1 amide bonds. The molecule has 0 fully saturated rings. The lowest BCUT2D eigenvalue weighted by Crippen LogP contribution is -2.33. The molecular weight excluding hydrogens is 336 g/mol. The quantitative estimate of drug-likeness (QED) is 0.790. The average molecular weight is 360 g/mol. The normalized spacial score (nSPS) is 11.4. The van der Waals surface area contributed by atoms with Crippen molar-refractivity contribution in [1.82, 2.24) is 5.32 Å². The molecule has 0 heterocycles. The van der Waals surface area contributed by atoms with Crippen molar-refractivity contribution in [3.63, 3.8) is 0 Å². The summed E-state index contributed by atoms with van der Waals surface area (Å²) in [5.74, 6) is -0.190. The SMILES string of the molecule is CCC(CC)NC(=O)c1ccc(S(=O)(=O)Nc2ccccc2C)cc1. The molecule has 0 bridgehead atoms. The first kappa shape index (κ1) is 19.0. The fraction of sp³-hybridized carbons (Fsp3) is 0.316. The van der Waals surface area contributed by atoms with E-state index in [0.29, 0.717) is 11.3 Å². The summed E-state index contributed by atoms with van der Waals surface area (Å²) in [5, 5.41) is 2.93. The van der Waals surface area contributed by atoms with Crippen LogP contribution in [0, 0.1) is 6.92 Å². The zero-order chi connectivity index (χ0) is 18.4. The monoisotopic (exact) mass is 360 g/mol. The van der Waals surface area contributed by atoms with Crippen LogP contribution in [-0.2, 0) is 10.0 Å². The highest BCUT2D eigenvalue weighted by atomic mass is 32.2. The van der Waals surface area contributed by atoms with Gasteiger partial charge in [0.05, 0.1) is 10.6 Å². The Balaban J connectivity index is 2.16. The van der Waals surface area contributed by atoms with Gasteiger partial charge in [-0.15, -0.1) is 0 Å². The minimum absolute atomic E-state index is 0.120. The topological polar surface area (TPSA) is 75.3 Å². The Labute approximate surface area is 149 Å². The van der Waals surface area contributed by atoms with Gasteiger partial charge in [-0.25, -0.2) is 8.42 Å². The number of aryl methyl sites for hydroxylation is 1. The predicted molar refractivity (Wildman–Crippen MR) is 100 cm³/mol. The van der Waals surface area contributed by atoms with Crippen LogP contribution < -0.4 is 10.0 Å². The molecule has 0 saturated heterocycles. The van der Waals surface area contributed by atoms with E-state index in [1.807, 2.05) is 32.9 Å². The van der Waals surface area contributed by atoms with Crippen molar-refractivity contribution >= 4 is 21.6 Å². The maximum atomic E-state index is 12.5. The molecule has 2 rings (SSSR count). The Kier molecular flexibility index (Phi) is 6.20. The molecule has 0 saturated carbocycles. The predicted octanol–water partition coefficient (Wildman–Crippen LogP) is 3.71. The van der Waals surface area contributed by atoms with E-state index in [-0.39, 0.29) is 16.8 Å². The second kappa shape index (κ2) is 8.16. The smallest absolute Gasteiger partial charge is 0.261 e. The molecule has 0 unspecified atom stereocenters. The lowest BCUT2D eigenvalue weighted by Gasteiger charge is -2.15. The summed E-state index contributed by atoms with van der Waals surface area (Å²) in [6, 6.07) is 13.3. The summed E-state index contributed by atoms with van der Waals surface area (Å²) in [6.45, 7) is 5.87. The molecule has 0 atom stereocenters. The third kappa shape index (κ3) is 4.82. The number of para-hydroxylation sites is 1.